The number of benzene rings is 1. The number of anilines is 1. The van der Waals surface area contributed by atoms with Gasteiger partial charge in [-0.05, 0) is 36.5 Å². The van der Waals surface area contributed by atoms with Crippen LogP contribution in [0.15, 0.2) is 42.7 Å². The van der Waals surface area contributed by atoms with Crippen LogP contribution in [0.5, 0.6) is 0 Å². The summed E-state index contributed by atoms with van der Waals surface area (Å²) < 4.78 is 0. The minimum Gasteiger partial charge on any atom is -0.348 e. The van der Waals surface area contributed by atoms with Crippen molar-refractivity contribution in [2.45, 2.75) is 30.7 Å². The van der Waals surface area contributed by atoms with E-state index in [1.165, 1.54) is 11.1 Å². The number of hydrogen-bond acceptors (Lipinski definition) is 5. The normalized spacial score (nSPS) is 20.5. The number of amides is 1. The van der Waals surface area contributed by atoms with E-state index in [1.807, 2.05) is 6.07 Å². The van der Waals surface area contributed by atoms with Crippen molar-refractivity contribution in [1.82, 2.24) is 20.2 Å². The number of fused-ring (bicyclic) bond motifs is 2. The summed E-state index contributed by atoms with van der Waals surface area (Å²) >= 11 is 0. The Morgan fingerprint density at radius 2 is 1.89 bits per heavy atom. The van der Waals surface area contributed by atoms with E-state index in [0.29, 0.717) is 6.54 Å². The van der Waals surface area contributed by atoms with E-state index >= 15 is 0 Å². The highest BCUT2D eigenvalue weighted by atomic mass is 16.2. The zero-order valence-corrected chi connectivity index (χ0v) is 16.1. The van der Waals surface area contributed by atoms with Gasteiger partial charge in [0.1, 0.15) is 0 Å². The molecule has 1 N–H and O–H groups in total. The fourth-order valence-electron chi connectivity index (χ4n) is 4.51. The Morgan fingerprint density at radius 3 is 2.59 bits per heavy atom. The molecule has 6 heteroatoms. The van der Waals surface area contributed by atoms with E-state index in [0.717, 1.165) is 38.3 Å². The van der Waals surface area contributed by atoms with E-state index in [9.17, 15) is 4.79 Å². The number of aromatic nitrogens is 2. The molecule has 2 heterocycles. The fourth-order valence-corrected chi connectivity index (χ4v) is 4.51. The average Bonchev–Trinajstić information content (AvgIpc) is 3.01. The van der Waals surface area contributed by atoms with Crippen LogP contribution in [0.25, 0.3) is 0 Å². The summed E-state index contributed by atoms with van der Waals surface area (Å²) in [6.07, 6.45) is 6.83. The molecule has 0 radical (unpaired) electrons. The zero-order valence-electron chi connectivity index (χ0n) is 16.1. The maximum atomic E-state index is 12.0. The molecule has 1 atom stereocenters. The summed E-state index contributed by atoms with van der Waals surface area (Å²) in [6, 6.07) is 10.8. The minimum atomic E-state index is 0.115. The fraction of sp³-hybridized carbons (Fsp3) is 0.476. The molecule has 6 nitrogen and oxygen atoms in total. The molecule has 1 saturated heterocycles. The molecule has 0 bridgehead atoms. The molecule has 1 aromatic carbocycles. The first kappa shape index (κ1) is 17.9. The number of carbonyl (C=O) groups is 1. The molecule has 1 aromatic heterocycles. The Balaban J connectivity index is 1.50. The second kappa shape index (κ2) is 7.27. The van der Waals surface area contributed by atoms with E-state index in [1.54, 1.807) is 31.4 Å². The molecule has 1 aliphatic heterocycles. The average molecular weight is 365 g/mol. The smallest absolute Gasteiger partial charge is 0.236 e. The number of nitrogens with zero attached hydrogens (tertiary/aromatic N) is 4. The lowest BCUT2D eigenvalue weighted by molar-refractivity contribution is -0.127. The first-order valence-electron chi connectivity index (χ1n) is 9.64. The van der Waals surface area contributed by atoms with Gasteiger partial charge in [-0.2, -0.15) is 0 Å². The van der Waals surface area contributed by atoms with E-state index < -0.39 is 0 Å². The van der Waals surface area contributed by atoms with Crippen molar-refractivity contribution in [3.63, 3.8) is 0 Å². The maximum absolute atomic E-state index is 12.0. The second-order valence-electron chi connectivity index (χ2n) is 7.83. The van der Waals surface area contributed by atoms with Gasteiger partial charge in [-0.1, -0.05) is 24.3 Å². The highest BCUT2D eigenvalue weighted by Gasteiger charge is 2.45. The number of likely N-dealkylation sites (N-methyl/N-ethyl adjacent to an activating group) is 1. The molecule has 1 unspecified atom stereocenters. The SMILES string of the molecule is CN(C)C(=O)CNC1CC2(CCN(c3ncccn3)CC2)c2ccccc21. The van der Waals surface area contributed by atoms with Gasteiger partial charge in [0.15, 0.2) is 0 Å². The molecular formula is C21H27N5O. The standard InChI is InChI=1S/C21H27N5O/c1-25(2)19(27)15-24-18-14-21(17-7-4-3-6-16(17)18)8-12-26(13-9-21)20-22-10-5-11-23-20/h3-7,10-11,18,24H,8-9,12-15H2,1-2H3. The van der Waals surface area contributed by atoms with Crippen LogP contribution in [0, 0.1) is 0 Å². The topological polar surface area (TPSA) is 61.4 Å². The summed E-state index contributed by atoms with van der Waals surface area (Å²) in [6.45, 7) is 2.30. The molecule has 27 heavy (non-hydrogen) atoms. The predicted octanol–water partition coefficient (Wildman–Crippen LogP) is 2.14. The molecule has 2 aliphatic rings. The Bertz CT molecular complexity index is 799. The van der Waals surface area contributed by atoms with Crippen molar-refractivity contribution in [3.05, 3.63) is 53.9 Å². The second-order valence-corrected chi connectivity index (χ2v) is 7.83. The Labute approximate surface area is 160 Å². The molecule has 1 aliphatic carbocycles. The molecular weight excluding hydrogens is 338 g/mol. The summed E-state index contributed by atoms with van der Waals surface area (Å²) in [5, 5.41) is 3.50. The molecule has 1 amide bonds. The van der Waals surface area contributed by atoms with Crippen molar-refractivity contribution < 1.29 is 4.79 Å². The monoisotopic (exact) mass is 365 g/mol. The summed E-state index contributed by atoms with van der Waals surface area (Å²) in [7, 11) is 3.60. The van der Waals surface area contributed by atoms with Crippen LogP contribution in [0.1, 0.15) is 36.4 Å². The Morgan fingerprint density at radius 1 is 1.19 bits per heavy atom. The first-order valence-corrected chi connectivity index (χ1v) is 9.64. The van der Waals surface area contributed by atoms with Gasteiger partial charge >= 0.3 is 0 Å². The number of hydrogen-bond donors (Lipinski definition) is 1. The number of piperidine rings is 1. The van der Waals surface area contributed by atoms with Gasteiger partial charge in [-0.3, -0.25) is 4.79 Å². The van der Waals surface area contributed by atoms with Crippen LogP contribution in [-0.4, -0.2) is 54.5 Å². The maximum Gasteiger partial charge on any atom is 0.236 e. The highest BCUT2D eigenvalue weighted by molar-refractivity contribution is 5.77. The highest BCUT2D eigenvalue weighted by Crippen LogP contribution is 2.50. The van der Waals surface area contributed by atoms with Crippen LogP contribution in [-0.2, 0) is 10.2 Å². The molecule has 1 spiro atoms. The first-order chi connectivity index (χ1) is 13.1. The zero-order chi connectivity index (χ0) is 18.9. The van der Waals surface area contributed by atoms with Crippen LogP contribution in [0.3, 0.4) is 0 Å². The number of nitrogens with one attached hydrogen (secondary N) is 1. The number of rotatable bonds is 4. The van der Waals surface area contributed by atoms with Gasteiger partial charge < -0.3 is 15.1 Å². The van der Waals surface area contributed by atoms with Crippen LogP contribution >= 0.6 is 0 Å². The van der Waals surface area contributed by atoms with Gasteiger partial charge in [0.2, 0.25) is 11.9 Å². The van der Waals surface area contributed by atoms with Gasteiger partial charge in [-0.25, -0.2) is 9.97 Å². The van der Waals surface area contributed by atoms with Crippen molar-refractivity contribution in [3.8, 4) is 0 Å². The van der Waals surface area contributed by atoms with Gasteiger partial charge in [0, 0.05) is 51.0 Å². The van der Waals surface area contributed by atoms with E-state index in [-0.39, 0.29) is 17.4 Å². The van der Waals surface area contributed by atoms with Crippen molar-refractivity contribution in [2.75, 3.05) is 38.6 Å². The lowest BCUT2D eigenvalue weighted by Crippen LogP contribution is -2.43. The van der Waals surface area contributed by atoms with Crippen molar-refractivity contribution >= 4 is 11.9 Å². The molecule has 142 valence electrons. The molecule has 2 aromatic rings. The van der Waals surface area contributed by atoms with Gasteiger partial charge in [0.05, 0.1) is 6.54 Å². The molecule has 4 rings (SSSR count). The predicted molar refractivity (Wildman–Crippen MR) is 106 cm³/mol. The lowest BCUT2D eigenvalue weighted by Gasteiger charge is -2.40. The summed E-state index contributed by atoms with van der Waals surface area (Å²) in [5.41, 5.74) is 2.99. The largest absolute Gasteiger partial charge is 0.348 e. The van der Waals surface area contributed by atoms with Gasteiger partial charge in [-0.15, -0.1) is 0 Å². The third kappa shape index (κ3) is 3.41. The van der Waals surface area contributed by atoms with E-state index in [4.69, 9.17) is 0 Å². The summed E-state index contributed by atoms with van der Waals surface area (Å²) in [5.74, 6) is 0.939. The van der Waals surface area contributed by atoms with Crippen molar-refractivity contribution in [2.24, 2.45) is 0 Å². The minimum absolute atomic E-state index is 0.115. The van der Waals surface area contributed by atoms with Crippen LogP contribution in [0.4, 0.5) is 5.95 Å². The number of carbonyl (C=O) groups excluding carboxylic acids is 1. The van der Waals surface area contributed by atoms with Crippen LogP contribution in [0.2, 0.25) is 0 Å². The summed E-state index contributed by atoms with van der Waals surface area (Å²) in [4.78, 5) is 24.7. The molecule has 1 fully saturated rings. The Kier molecular flexibility index (Phi) is 4.83. The quantitative estimate of drug-likeness (QED) is 0.899. The van der Waals surface area contributed by atoms with Gasteiger partial charge in [0.25, 0.3) is 0 Å². The third-order valence-corrected chi connectivity index (χ3v) is 6.06. The third-order valence-electron chi connectivity index (χ3n) is 6.06. The Hall–Kier alpha value is -2.47. The van der Waals surface area contributed by atoms with E-state index in [2.05, 4.69) is 44.5 Å². The van der Waals surface area contributed by atoms with Crippen molar-refractivity contribution in [1.29, 1.82) is 0 Å². The van der Waals surface area contributed by atoms with Crippen LogP contribution < -0.4 is 10.2 Å². The lowest BCUT2D eigenvalue weighted by atomic mass is 9.73. The molecule has 0 saturated carbocycles.